The topological polar surface area (TPSA) is 76.1 Å². The summed E-state index contributed by atoms with van der Waals surface area (Å²) in [6, 6.07) is 24.5. The molecule has 4 heteroatoms. The van der Waals surface area contributed by atoms with Gasteiger partial charge in [-0.2, -0.15) is 0 Å². The second-order valence-corrected chi connectivity index (χ2v) is 8.41. The predicted molar refractivity (Wildman–Crippen MR) is 145 cm³/mol. The summed E-state index contributed by atoms with van der Waals surface area (Å²) in [5.74, 6) is 0. The Morgan fingerprint density at radius 3 is 1.74 bits per heavy atom. The fraction of sp³-hybridized carbons (Fsp3) is 0.133. The van der Waals surface area contributed by atoms with Gasteiger partial charge in [0.25, 0.3) is 0 Å². The molecular formula is C30H32N4. The SMILES string of the molecule is C/C=C(C)\C(=C/C)NC1=c2ccccc2=C(N)C(Nc2ccccc2C)=c2ccccc2=C1N. The molecule has 3 aromatic rings. The molecule has 0 heterocycles. The van der Waals surface area contributed by atoms with Crippen LogP contribution in [-0.4, -0.2) is 0 Å². The molecule has 0 saturated heterocycles. The van der Waals surface area contributed by atoms with Crippen LogP contribution in [0.25, 0.3) is 22.8 Å². The largest absolute Gasteiger partial charge is 0.397 e. The molecule has 1 aliphatic rings. The van der Waals surface area contributed by atoms with E-state index in [0.717, 1.165) is 54.8 Å². The number of anilines is 1. The number of fused-ring (bicyclic) bond motifs is 2. The lowest BCUT2D eigenvalue weighted by molar-refractivity contribution is 1.07. The Morgan fingerprint density at radius 1 is 0.676 bits per heavy atom. The van der Waals surface area contributed by atoms with Gasteiger partial charge in [0.1, 0.15) is 0 Å². The fourth-order valence-corrected chi connectivity index (χ4v) is 4.24. The molecule has 3 aromatic carbocycles. The molecule has 34 heavy (non-hydrogen) atoms. The second-order valence-electron chi connectivity index (χ2n) is 8.41. The van der Waals surface area contributed by atoms with Crippen LogP contribution in [-0.2, 0) is 0 Å². The number of rotatable bonds is 5. The van der Waals surface area contributed by atoms with Crippen molar-refractivity contribution >= 4 is 28.5 Å². The smallest absolute Gasteiger partial charge is 0.0704 e. The lowest BCUT2D eigenvalue weighted by Gasteiger charge is -2.20. The van der Waals surface area contributed by atoms with Crippen LogP contribution in [0.5, 0.6) is 0 Å². The van der Waals surface area contributed by atoms with Gasteiger partial charge in [0.15, 0.2) is 0 Å². The Morgan fingerprint density at radius 2 is 1.18 bits per heavy atom. The first-order valence-corrected chi connectivity index (χ1v) is 11.5. The fourth-order valence-electron chi connectivity index (χ4n) is 4.24. The summed E-state index contributed by atoms with van der Waals surface area (Å²) in [5.41, 5.74) is 21.2. The van der Waals surface area contributed by atoms with Crippen molar-refractivity contribution in [3.8, 4) is 0 Å². The Labute approximate surface area is 201 Å². The lowest BCUT2D eigenvalue weighted by Crippen LogP contribution is -2.44. The number of nitrogens with one attached hydrogen (secondary N) is 2. The van der Waals surface area contributed by atoms with Crippen LogP contribution in [0, 0.1) is 6.92 Å². The van der Waals surface area contributed by atoms with Crippen LogP contribution in [0.3, 0.4) is 0 Å². The summed E-state index contributed by atoms with van der Waals surface area (Å²) in [4.78, 5) is 0. The molecule has 4 nitrogen and oxygen atoms in total. The monoisotopic (exact) mass is 448 g/mol. The van der Waals surface area contributed by atoms with E-state index in [1.807, 2.05) is 62.4 Å². The lowest BCUT2D eigenvalue weighted by atomic mass is 10.0. The van der Waals surface area contributed by atoms with Gasteiger partial charge in [-0.05, 0) is 44.9 Å². The van der Waals surface area contributed by atoms with Crippen molar-refractivity contribution in [1.29, 1.82) is 0 Å². The van der Waals surface area contributed by atoms with Crippen molar-refractivity contribution in [2.24, 2.45) is 11.5 Å². The van der Waals surface area contributed by atoms with Gasteiger partial charge >= 0.3 is 0 Å². The standard InChI is InChI=1S/C30H32N4/c1-5-19(3)25(6-2)33-29-23-16-10-8-14-21(23)28(32)30(34-26-18-12-7-13-20(26)4)24-17-11-9-15-22(24)27(29)31/h5-18,33-34H,31-32H2,1-4H3/b19-5-,25-6+,27-22?,28-21?,29-23?,29-27?,30-24?,30-28?. The van der Waals surface area contributed by atoms with Gasteiger partial charge in [0.2, 0.25) is 0 Å². The maximum Gasteiger partial charge on any atom is 0.0704 e. The third-order valence-electron chi connectivity index (χ3n) is 6.32. The molecule has 0 fully saturated rings. The highest BCUT2D eigenvalue weighted by Crippen LogP contribution is 2.18. The number of hydrogen-bond acceptors (Lipinski definition) is 4. The number of benzene rings is 3. The van der Waals surface area contributed by atoms with Crippen molar-refractivity contribution in [3.05, 3.63) is 123 Å². The van der Waals surface area contributed by atoms with E-state index in [0.29, 0.717) is 11.4 Å². The summed E-state index contributed by atoms with van der Waals surface area (Å²) in [6.07, 6.45) is 4.15. The maximum absolute atomic E-state index is 6.93. The molecule has 0 saturated carbocycles. The van der Waals surface area contributed by atoms with Crippen LogP contribution in [0.1, 0.15) is 26.3 Å². The number of hydrogen-bond donors (Lipinski definition) is 4. The van der Waals surface area contributed by atoms with Crippen molar-refractivity contribution in [1.82, 2.24) is 5.32 Å². The van der Waals surface area contributed by atoms with Crippen LogP contribution >= 0.6 is 0 Å². The highest BCUT2D eigenvalue weighted by molar-refractivity contribution is 5.96. The molecule has 0 bridgehead atoms. The van der Waals surface area contributed by atoms with E-state index in [1.54, 1.807) is 0 Å². The van der Waals surface area contributed by atoms with Crippen LogP contribution in [0.15, 0.2) is 96.2 Å². The van der Waals surface area contributed by atoms with Crippen molar-refractivity contribution in [3.63, 3.8) is 0 Å². The molecule has 0 radical (unpaired) electrons. The highest BCUT2D eigenvalue weighted by Gasteiger charge is 2.15. The summed E-state index contributed by atoms with van der Waals surface area (Å²) >= 11 is 0. The van der Waals surface area contributed by atoms with E-state index in [4.69, 9.17) is 11.5 Å². The number of aryl methyl sites for hydroxylation is 1. The molecule has 0 atom stereocenters. The quantitative estimate of drug-likeness (QED) is 0.453. The van der Waals surface area contributed by atoms with Crippen LogP contribution < -0.4 is 43.0 Å². The van der Waals surface area contributed by atoms with Crippen molar-refractivity contribution in [2.45, 2.75) is 27.7 Å². The third-order valence-corrected chi connectivity index (χ3v) is 6.32. The molecule has 6 N–H and O–H groups in total. The van der Waals surface area contributed by atoms with Gasteiger partial charge in [-0.25, -0.2) is 0 Å². The Kier molecular flexibility index (Phi) is 6.60. The van der Waals surface area contributed by atoms with Gasteiger partial charge in [0.05, 0.1) is 22.8 Å². The number of allylic oxidation sites excluding steroid dienone is 3. The summed E-state index contributed by atoms with van der Waals surface area (Å²) in [5, 5.41) is 11.0. The molecule has 0 amide bonds. The summed E-state index contributed by atoms with van der Waals surface area (Å²) in [6.45, 7) is 8.22. The Balaban J connectivity index is 2.13. The molecule has 0 aromatic heterocycles. The highest BCUT2D eigenvalue weighted by atomic mass is 14.9. The minimum Gasteiger partial charge on any atom is -0.397 e. The Hall–Kier alpha value is -4.18. The van der Waals surface area contributed by atoms with Gasteiger partial charge in [-0.15, -0.1) is 0 Å². The summed E-state index contributed by atoms with van der Waals surface area (Å²) in [7, 11) is 0. The first-order valence-electron chi connectivity index (χ1n) is 11.5. The average Bonchev–Trinajstić information content (AvgIpc) is 2.87. The molecule has 4 rings (SSSR count). The van der Waals surface area contributed by atoms with Crippen LogP contribution in [0.2, 0.25) is 0 Å². The minimum absolute atomic E-state index is 0.669. The van der Waals surface area contributed by atoms with Crippen molar-refractivity contribution in [2.75, 3.05) is 5.32 Å². The average molecular weight is 449 g/mol. The molecule has 0 aliphatic heterocycles. The molecular weight excluding hydrogens is 416 g/mol. The Bertz CT molecular complexity index is 1560. The third kappa shape index (κ3) is 4.23. The summed E-state index contributed by atoms with van der Waals surface area (Å²) < 4.78 is 0. The van der Waals surface area contributed by atoms with Crippen LogP contribution in [0.4, 0.5) is 5.69 Å². The second kappa shape index (κ2) is 9.75. The number of nitrogens with two attached hydrogens (primary N) is 2. The van der Waals surface area contributed by atoms with E-state index < -0.39 is 0 Å². The van der Waals surface area contributed by atoms with E-state index in [1.165, 1.54) is 0 Å². The van der Waals surface area contributed by atoms with E-state index in [-0.39, 0.29) is 0 Å². The van der Waals surface area contributed by atoms with Gasteiger partial charge in [-0.1, -0.05) is 78.9 Å². The zero-order chi connectivity index (χ0) is 24.2. The zero-order valence-corrected chi connectivity index (χ0v) is 20.2. The first kappa shape index (κ1) is 23.0. The number of para-hydroxylation sites is 1. The van der Waals surface area contributed by atoms with Gasteiger partial charge < -0.3 is 22.1 Å². The van der Waals surface area contributed by atoms with Gasteiger partial charge in [-0.3, -0.25) is 0 Å². The van der Waals surface area contributed by atoms with E-state index in [2.05, 4.69) is 60.9 Å². The predicted octanol–water partition coefficient (Wildman–Crippen LogP) is 2.63. The molecule has 1 aliphatic carbocycles. The van der Waals surface area contributed by atoms with E-state index >= 15 is 0 Å². The minimum atomic E-state index is 0.669. The maximum atomic E-state index is 6.93. The van der Waals surface area contributed by atoms with E-state index in [9.17, 15) is 0 Å². The zero-order valence-electron chi connectivity index (χ0n) is 20.2. The molecule has 172 valence electrons. The van der Waals surface area contributed by atoms with Gasteiger partial charge in [0, 0.05) is 32.3 Å². The molecule has 0 spiro atoms. The first-order chi connectivity index (χ1) is 16.5. The molecule has 0 unspecified atom stereocenters. The normalized spacial score (nSPS) is 14.2. The van der Waals surface area contributed by atoms with Crippen molar-refractivity contribution < 1.29 is 0 Å².